The third kappa shape index (κ3) is 4.17. The summed E-state index contributed by atoms with van der Waals surface area (Å²) in [6, 6.07) is 1.78. The second-order valence-corrected chi connectivity index (χ2v) is 8.15. The van der Waals surface area contributed by atoms with Gasteiger partial charge in [-0.1, -0.05) is 0 Å². The van der Waals surface area contributed by atoms with E-state index in [0.29, 0.717) is 51.8 Å². The minimum atomic E-state index is -2.90. The minimum Gasteiger partial charge on any atom is -0.338 e. The zero-order valence-electron chi connectivity index (χ0n) is 13.0. The molecule has 0 unspecified atom stereocenters. The van der Waals surface area contributed by atoms with Crippen LogP contribution in [0.2, 0.25) is 0 Å². The molecule has 2 saturated heterocycles. The van der Waals surface area contributed by atoms with Gasteiger partial charge in [-0.2, -0.15) is 0 Å². The summed E-state index contributed by atoms with van der Waals surface area (Å²) >= 11 is 0. The predicted octanol–water partition coefficient (Wildman–Crippen LogP) is -1.14. The summed E-state index contributed by atoms with van der Waals surface area (Å²) in [6.45, 7) is 3.91. The van der Waals surface area contributed by atoms with Gasteiger partial charge in [0.15, 0.2) is 9.84 Å². The lowest BCUT2D eigenvalue weighted by molar-refractivity contribution is -0.132. The lowest BCUT2D eigenvalue weighted by Crippen LogP contribution is -2.53. The molecule has 0 spiro atoms. The van der Waals surface area contributed by atoms with E-state index >= 15 is 0 Å². The molecule has 0 bridgehead atoms. The van der Waals surface area contributed by atoms with Crippen molar-refractivity contribution in [3.63, 3.8) is 0 Å². The van der Waals surface area contributed by atoms with Crippen LogP contribution in [0.15, 0.2) is 18.5 Å². The fraction of sp³-hybridized carbons (Fsp3) is 0.643. The van der Waals surface area contributed by atoms with E-state index in [1.807, 2.05) is 9.80 Å². The van der Waals surface area contributed by atoms with E-state index in [0.717, 1.165) is 0 Å². The highest BCUT2D eigenvalue weighted by Crippen LogP contribution is 2.11. The highest BCUT2D eigenvalue weighted by Gasteiger charge is 2.27. The predicted molar refractivity (Wildman–Crippen MR) is 85.9 cm³/mol. The molecule has 0 saturated carbocycles. The van der Waals surface area contributed by atoms with Gasteiger partial charge in [0, 0.05) is 51.7 Å². The van der Waals surface area contributed by atoms with Gasteiger partial charge in [-0.25, -0.2) is 18.4 Å². The van der Waals surface area contributed by atoms with Crippen LogP contribution in [0, 0.1) is 0 Å². The van der Waals surface area contributed by atoms with Gasteiger partial charge < -0.3 is 9.80 Å². The maximum atomic E-state index is 12.4. The van der Waals surface area contributed by atoms with Crippen molar-refractivity contribution >= 4 is 21.7 Å². The zero-order valence-corrected chi connectivity index (χ0v) is 13.8. The minimum absolute atomic E-state index is 0.0675. The summed E-state index contributed by atoms with van der Waals surface area (Å²) in [5.74, 6) is 1.07. The molecule has 0 atom stereocenters. The molecule has 0 aromatic carbocycles. The van der Waals surface area contributed by atoms with Gasteiger partial charge >= 0.3 is 0 Å². The molecule has 0 aliphatic carbocycles. The summed E-state index contributed by atoms with van der Waals surface area (Å²) in [7, 11) is -2.90. The van der Waals surface area contributed by atoms with Crippen LogP contribution in [-0.2, 0) is 14.6 Å². The van der Waals surface area contributed by atoms with E-state index in [2.05, 4.69) is 14.9 Å². The number of carbonyl (C=O) groups excluding carboxylic acids is 1. The molecule has 2 aliphatic rings. The third-order valence-electron chi connectivity index (χ3n) is 4.26. The van der Waals surface area contributed by atoms with Crippen LogP contribution < -0.4 is 4.90 Å². The summed E-state index contributed by atoms with van der Waals surface area (Å²) in [5.41, 5.74) is 0. The molecule has 0 radical (unpaired) electrons. The number of aromatic nitrogens is 2. The third-order valence-corrected chi connectivity index (χ3v) is 5.87. The van der Waals surface area contributed by atoms with Crippen molar-refractivity contribution in [2.45, 2.75) is 0 Å². The number of hydrogen-bond donors (Lipinski definition) is 0. The first-order valence-corrected chi connectivity index (χ1v) is 9.58. The molecule has 8 nitrogen and oxygen atoms in total. The van der Waals surface area contributed by atoms with Crippen LogP contribution in [0.1, 0.15) is 0 Å². The van der Waals surface area contributed by atoms with Gasteiger partial charge in [0.05, 0.1) is 18.1 Å². The van der Waals surface area contributed by atoms with Crippen LogP contribution in [0.5, 0.6) is 0 Å². The van der Waals surface area contributed by atoms with E-state index in [-0.39, 0.29) is 17.4 Å². The molecule has 3 rings (SSSR count). The monoisotopic (exact) mass is 339 g/mol. The molecule has 9 heteroatoms. The maximum absolute atomic E-state index is 12.4. The molecule has 2 fully saturated rings. The molecular weight excluding hydrogens is 318 g/mol. The number of nitrogens with zero attached hydrogens (tertiary/aromatic N) is 5. The standard InChI is InChI=1S/C14H21N5O3S/c20-13(12-17-8-10-23(21,22)11-9-17)18-4-6-19(7-5-18)14-15-2-1-3-16-14/h1-3H,4-12H2. The molecule has 2 aliphatic heterocycles. The highest BCUT2D eigenvalue weighted by atomic mass is 32.2. The number of sulfone groups is 1. The van der Waals surface area contributed by atoms with Crippen LogP contribution in [0.4, 0.5) is 5.95 Å². The number of rotatable bonds is 3. The summed E-state index contributed by atoms with van der Waals surface area (Å²) in [6.07, 6.45) is 3.43. The molecular formula is C14H21N5O3S. The Morgan fingerprint density at radius 2 is 1.61 bits per heavy atom. The number of carbonyl (C=O) groups is 1. The quantitative estimate of drug-likeness (QED) is 0.688. The molecule has 0 N–H and O–H groups in total. The maximum Gasteiger partial charge on any atom is 0.236 e. The Hall–Kier alpha value is -1.74. The smallest absolute Gasteiger partial charge is 0.236 e. The summed E-state index contributed by atoms with van der Waals surface area (Å²) < 4.78 is 22.8. The SMILES string of the molecule is O=C(CN1CCS(=O)(=O)CC1)N1CCN(c2ncccn2)CC1. The Morgan fingerprint density at radius 3 is 2.22 bits per heavy atom. The normalized spacial score (nSPS) is 22.1. The Kier molecular flexibility index (Phi) is 4.76. The Labute approximate surface area is 136 Å². The molecule has 3 heterocycles. The fourth-order valence-electron chi connectivity index (χ4n) is 2.81. The topological polar surface area (TPSA) is 86.7 Å². The van der Waals surface area contributed by atoms with Crippen molar-refractivity contribution < 1.29 is 13.2 Å². The van der Waals surface area contributed by atoms with E-state index in [1.54, 1.807) is 18.5 Å². The molecule has 1 aromatic heterocycles. The number of anilines is 1. The molecule has 23 heavy (non-hydrogen) atoms. The largest absolute Gasteiger partial charge is 0.338 e. The second-order valence-electron chi connectivity index (χ2n) is 5.84. The molecule has 1 aromatic rings. The van der Waals surface area contributed by atoms with Crippen molar-refractivity contribution in [2.75, 3.05) is 62.2 Å². The van der Waals surface area contributed by atoms with Gasteiger partial charge in [-0.3, -0.25) is 9.69 Å². The average Bonchev–Trinajstić information content (AvgIpc) is 2.58. The van der Waals surface area contributed by atoms with Gasteiger partial charge in [-0.15, -0.1) is 0 Å². The van der Waals surface area contributed by atoms with Gasteiger partial charge in [-0.05, 0) is 6.07 Å². The first kappa shape index (κ1) is 16.1. The Bertz CT molecular complexity index is 630. The van der Waals surface area contributed by atoms with Crippen LogP contribution in [-0.4, -0.2) is 91.4 Å². The highest BCUT2D eigenvalue weighted by molar-refractivity contribution is 7.91. The van der Waals surface area contributed by atoms with Crippen molar-refractivity contribution in [1.29, 1.82) is 0 Å². The van der Waals surface area contributed by atoms with E-state index in [9.17, 15) is 13.2 Å². The zero-order chi connectivity index (χ0) is 16.3. The van der Waals surface area contributed by atoms with Crippen molar-refractivity contribution in [1.82, 2.24) is 19.8 Å². The Balaban J connectivity index is 1.47. The van der Waals surface area contributed by atoms with Crippen molar-refractivity contribution in [3.05, 3.63) is 18.5 Å². The average molecular weight is 339 g/mol. The van der Waals surface area contributed by atoms with Crippen LogP contribution in [0.25, 0.3) is 0 Å². The summed E-state index contributed by atoms with van der Waals surface area (Å²) in [5, 5.41) is 0. The Morgan fingerprint density at radius 1 is 1.00 bits per heavy atom. The second kappa shape index (κ2) is 6.79. The van der Waals surface area contributed by atoms with E-state index in [1.165, 1.54) is 0 Å². The summed E-state index contributed by atoms with van der Waals surface area (Å²) in [4.78, 5) is 26.6. The van der Waals surface area contributed by atoms with E-state index < -0.39 is 9.84 Å². The van der Waals surface area contributed by atoms with Crippen LogP contribution >= 0.6 is 0 Å². The van der Waals surface area contributed by atoms with E-state index in [4.69, 9.17) is 0 Å². The first-order valence-electron chi connectivity index (χ1n) is 7.76. The van der Waals surface area contributed by atoms with Gasteiger partial charge in [0.1, 0.15) is 0 Å². The number of hydrogen-bond acceptors (Lipinski definition) is 7. The molecule has 1 amide bonds. The van der Waals surface area contributed by atoms with Crippen LogP contribution in [0.3, 0.4) is 0 Å². The van der Waals surface area contributed by atoms with Gasteiger partial charge in [0.2, 0.25) is 11.9 Å². The lowest BCUT2D eigenvalue weighted by Gasteiger charge is -2.36. The number of amides is 1. The van der Waals surface area contributed by atoms with Gasteiger partial charge in [0.25, 0.3) is 0 Å². The number of piperazine rings is 1. The van der Waals surface area contributed by atoms with Crippen molar-refractivity contribution in [3.8, 4) is 0 Å². The first-order chi connectivity index (χ1) is 11.0. The molecule has 126 valence electrons. The lowest BCUT2D eigenvalue weighted by atomic mass is 10.3. The van der Waals surface area contributed by atoms with Crippen molar-refractivity contribution in [2.24, 2.45) is 0 Å². The fourth-order valence-corrected chi connectivity index (χ4v) is 4.09.